The number of carbonyl (C=O) groups is 1. The Morgan fingerprint density at radius 2 is 2.08 bits per heavy atom. The highest BCUT2D eigenvalue weighted by Crippen LogP contribution is 2.27. The lowest BCUT2D eigenvalue weighted by Crippen LogP contribution is -2.49. The maximum Gasteiger partial charge on any atom is 0.238 e. The van der Waals surface area contributed by atoms with Crippen molar-refractivity contribution in [2.24, 2.45) is 0 Å². The van der Waals surface area contributed by atoms with Gasteiger partial charge < -0.3 is 19.5 Å². The minimum absolute atomic E-state index is 0.0749. The Morgan fingerprint density at radius 1 is 1.31 bits per heavy atom. The zero-order chi connectivity index (χ0) is 18.5. The molecule has 1 amide bonds. The third kappa shape index (κ3) is 4.28. The van der Waals surface area contributed by atoms with E-state index in [4.69, 9.17) is 16.3 Å². The highest BCUT2D eigenvalue weighted by Gasteiger charge is 2.22. The van der Waals surface area contributed by atoms with Crippen LogP contribution in [0.5, 0.6) is 5.75 Å². The largest absolute Gasteiger partial charge is 0.495 e. The van der Waals surface area contributed by atoms with E-state index >= 15 is 0 Å². The van der Waals surface area contributed by atoms with Crippen LogP contribution in [0.4, 0.5) is 11.6 Å². The second kappa shape index (κ2) is 8.42. The lowest BCUT2D eigenvalue weighted by molar-refractivity contribution is -0.117. The van der Waals surface area contributed by atoms with E-state index in [0.717, 1.165) is 38.7 Å². The van der Waals surface area contributed by atoms with Gasteiger partial charge in [-0.15, -0.1) is 0 Å². The maximum atomic E-state index is 12.4. The number of aryl methyl sites for hydroxylation is 1. The van der Waals surface area contributed by atoms with E-state index in [0.29, 0.717) is 23.0 Å². The van der Waals surface area contributed by atoms with Gasteiger partial charge in [-0.1, -0.05) is 11.6 Å². The third-order valence-corrected chi connectivity index (χ3v) is 4.73. The van der Waals surface area contributed by atoms with Crippen LogP contribution in [0.25, 0.3) is 0 Å². The molecule has 1 aliphatic heterocycles. The van der Waals surface area contributed by atoms with Gasteiger partial charge in [-0.05, 0) is 25.1 Å². The van der Waals surface area contributed by atoms with E-state index in [1.165, 1.54) is 0 Å². The molecule has 0 saturated carbocycles. The van der Waals surface area contributed by atoms with Crippen molar-refractivity contribution in [3.63, 3.8) is 0 Å². The summed E-state index contributed by atoms with van der Waals surface area (Å²) in [4.78, 5) is 21.2. The van der Waals surface area contributed by atoms with Crippen LogP contribution in [-0.4, -0.2) is 60.2 Å². The molecule has 0 aliphatic carbocycles. The quantitative estimate of drug-likeness (QED) is 0.837. The highest BCUT2D eigenvalue weighted by molar-refractivity contribution is 6.31. The first kappa shape index (κ1) is 18.5. The number of piperazine rings is 1. The van der Waals surface area contributed by atoms with Crippen molar-refractivity contribution in [1.29, 1.82) is 0 Å². The number of methoxy groups -OCH3 is 1. The Morgan fingerprint density at radius 3 is 2.77 bits per heavy atom. The van der Waals surface area contributed by atoms with Crippen molar-refractivity contribution >= 4 is 29.1 Å². The van der Waals surface area contributed by atoms with Gasteiger partial charge in [-0.25, -0.2) is 4.98 Å². The number of amides is 1. The summed E-state index contributed by atoms with van der Waals surface area (Å²) in [7, 11) is 1.57. The first-order valence-electron chi connectivity index (χ1n) is 8.72. The van der Waals surface area contributed by atoms with Gasteiger partial charge in [0.05, 0.1) is 19.3 Å². The molecule has 3 rings (SSSR count). The van der Waals surface area contributed by atoms with E-state index in [2.05, 4.69) is 31.6 Å². The monoisotopic (exact) mass is 377 g/mol. The second-order valence-electron chi connectivity index (χ2n) is 6.17. The third-order valence-electron chi connectivity index (χ3n) is 4.49. The molecule has 0 bridgehead atoms. The summed E-state index contributed by atoms with van der Waals surface area (Å²) in [6, 6.07) is 5.17. The van der Waals surface area contributed by atoms with Crippen LogP contribution >= 0.6 is 11.6 Å². The summed E-state index contributed by atoms with van der Waals surface area (Å²) in [5.41, 5.74) is 0.591. The molecule has 0 atom stereocenters. The van der Waals surface area contributed by atoms with Gasteiger partial charge in [0, 0.05) is 50.1 Å². The number of imidazole rings is 1. The predicted octanol–water partition coefficient (Wildman–Crippen LogP) is 2.33. The van der Waals surface area contributed by atoms with Gasteiger partial charge in [0.1, 0.15) is 5.75 Å². The molecule has 0 unspecified atom stereocenters. The molecule has 1 aromatic carbocycles. The molecular weight excluding hydrogens is 354 g/mol. The Balaban J connectivity index is 1.53. The van der Waals surface area contributed by atoms with Gasteiger partial charge in [0.2, 0.25) is 11.9 Å². The topological polar surface area (TPSA) is 62.6 Å². The number of ether oxygens (including phenoxy) is 1. The van der Waals surface area contributed by atoms with Crippen molar-refractivity contribution in [1.82, 2.24) is 14.5 Å². The van der Waals surface area contributed by atoms with Gasteiger partial charge in [0.15, 0.2) is 0 Å². The normalized spacial score (nSPS) is 15.1. The molecule has 2 aromatic rings. The summed E-state index contributed by atoms with van der Waals surface area (Å²) >= 11 is 6.01. The van der Waals surface area contributed by atoms with Crippen LogP contribution in [0.3, 0.4) is 0 Å². The van der Waals surface area contributed by atoms with Gasteiger partial charge >= 0.3 is 0 Å². The number of nitrogens with one attached hydrogen (secondary N) is 1. The number of rotatable bonds is 6. The first-order valence-corrected chi connectivity index (χ1v) is 9.10. The lowest BCUT2D eigenvalue weighted by atomic mass is 10.2. The van der Waals surface area contributed by atoms with Crippen molar-refractivity contribution in [3.05, 3.63) is 35.6 Å². The molecule has 7 nitrogen and oxygen atoms in total. The Labute approximate surface area is 158 Å². The fourth-order valence-electron chi connectivity index (χ4n) is 3.11. The SMILES string of the molecule is CCn1ccnc1N1CCN(CC(=O)Nc2cc(Cl)ccc2OC)CC1. The van der Waals surface area contributed by atoms with Crippen LogP contribution in [0.2, 0.25) is 5.02 Å². The highest BCUT2D eigenvalue weighted by atomic mass is 35.5. The Kier molecular flexibility index (Phi) is 6.00. The maximum absolute atomic E-state index is 12.4. The smallest absolute Gasteiger partial charge is 0.238 e. The van der Waals surface area contributed by atoms with Crippen LogP contribution in [-0.2, 0) is 11.3 Å². The number of halogens is 1. The van der Waals surface area contributed by atoms with Crippen molar-refractivity contribution < 1.29 is 9.53 Å². The summed E-state index contributed by atoms with van der Waals surface area (Å²) in [5, 5.41) is 3.44. The fraction of sp³-hybridized carbons (Fsp3) is 0.444. The van der Waals surface area contributed by atoms with E-state index < -0.39 is 0 Å². The molecule has 0 radical (unpaired) electrons. The van der Waals surface area contributed by atoms with Crippen molar-refractivity contribution in [2.45, 2.75) is 13.5 Å². The number of aromatic nitrogens is 2. The van der Waals surface area contributed by atoms with Gasteiger partial charge in [-0.3, -0.25) is 9.69 Å². The second-order valence-corrected chi connectivity index (χ2v) is 6.61. The predicted molar refractivity (Wildman–Crippen MR) is 103 cm³/mol. The number of nitrogens with zero attached hydrogens (tertiary/aromatic N) is 4. The molecule has 1 fully saturated rings. The summed E-state index contributed by atoms with van der Waals surface area (Å²) < 4.78 is 7.40. The molecule has 8 heteroatoms. The fourth-order valence-corrected chi connectivity index (χ4v) is 3.28. The van der Waals surface area contributed by atoms with E-state index in [1.807, 2.05) is 12.4 Å². The molecule has 2 heterocycles. The van der Waals surface area contributed by atoms with Crippen LogP contribution < -0.4 is 15.0 Å². The molecule has 26 heavy (non-hydrogen) atoms. The molecule has 0 spiro atoms. The summed E-state index contributed by atoms with van der Waals surface area (Å²) in [6.07, 6.45) is 3.82. The van der Waals surface area contributed by atoms with E-state index in [9.17, 15) is 4.79 Å². The van der Waals surface area contributed by atoms with E-state index in [1.54, 1.807) is 25.3 Å². The Hall–Kier alpha value is -2.25. The number of anilines is 2. The summed E-state index contributed by atoms with van der Waals surface area (Å²) in [6.45, 7) is 6.68. The van der Waals surface area contributed by atoms with Crippen molar-refractivity contribution in [3.8, 4) is 5.75 Å². The molecule has 1 aliphatic rings. The zero-order valence-corrected chi connectivity index (χ0v) is 15.9. The average molecular weight is 378 g/mol. The van der Waals surface area contributed by atoms with Crippen LogP contribution in [0, 0.1) is 0 Å². The minimum atomic E-state index is -0.0749. The summed E-state index contributed by atoms with van der Waals surface area (Å²) in [5.74, 6) is 1.52. The van der Waals surface area contributed by atoms with E-state index in [-0.39, 0.29) is 5.91 Å². The zero-order valence-electron chi connectivity index (χ0n) is 15.1. The average Bonchev–Trinajstić information content (AvgIpc) is 3.11. The minimum Gasteiger partial charge on any atom is -0.495 e. The number of carbonyl (C=O) groups excluding carboxylic acids is 1. The number of benzene rings is 1. The number of hydrogen-bond acceptors (Lipinski definition) is 5. The first-order chi connectivity index (χ1) is 12.6. The van der Waals surface area contributed by atoms with Gasteiger partial charge in [-0.2, -0.15) is 0 Å². The number of hydrogen-bond donors (Lipinski definition) is 1. The van der Waals surface area contributed by atoms with Crippen molar-refractivity contribution in [2.75, 3.05) is 50.1 Å². The van der Waals surface area contributed by atoms with Crippen LogP contribution in [0.15, 0.2) is 30.6 Å². The van der Waals surface area contributed by atoms with Gasteiger partial charge in [0.25, 0.3) is 0 Å². The molecule has 1 aromatic heterocycles. The molecule has 1 saturated heterocycles. The molecule has 140 valence electrons. The lowest BCUT2D eigenvalue weighted by Gasteiger charge is -2.35. The Bertz CT molecular complexity index is 756. The molecular formula is C18H24ClN5O2. The molecule has 1 N–H and O–H groups in total. The van der Waals surface area contributed by atoms with Crippen LogP contribution in [0.1, 0.15) is 6.92 Å². The standard InChI is InChI=1S/C18H24ClN5O2/c1-3-23-7-6-20-18(23)24-10-8-22(9-11-24)13-17(25)21-15-12-14(19)4-5-16(15)26-2/h4-7,12H,3,8-11,13H2,1-2H3,(H,21,25).